The molecule has 108 valence electrons. The van der Waals surface area contributed by atoms with Gasteiger partial charge in [-0.1, -0.05) is 6.92 Å². The molecule has 1 fully saturated rings. The summed E-state index contributed by atoms with van der Waals surface area (Å²) in [6.07, 6.45) is 1.33. The van der Waals surface area contributed by atoms with Crippen LogP contribution in [0.4, 0.5) is 0 Å². The van der Waals surface area contributed by atoms with Gasteiger partial charge in [0.1, 0.15) is 11.5 Å². The Morgan fingerprint density at radius 1 is 1.42 bits per heavy atom. The Kier molecular flexibility index (Phi) is 4.36. The van der Waals surface area contributed by atoms with E-state index in [9.17, 15) is 0 Å². The molecule has 0 aliphatic carbocycles. The second-order valence-corrected chi connectivity index (χ2v) is 7.03. The number of aryl methyl sites for hydroxylation is 1. The fourth-order valence-electron chi connectivity index (χ4n) is 2.59. The van der Waals surface area contributed by atoms with Gasteiger partial charge in [-0.3, -0.25) is 4.90 Å². The van der Waals surface area contributed by atoms with E-state index in [2.05, 4.69) is 50.9 Å². The zero-order valence-electron chi connectivity index (χ0n) is 13.0. The lowest BCUT2D eigenvalue weighted by molar-refractivity contribution is 0.317. The number of nitrogens with zero attached hydrogens (tertiary/aromatic N) is 1. The van der Waals surface area contributed by atoms with Gasteiger partial charge in [0.05, 0.1) is 6.54 Å². The molecule has 1 atom stereocenters. The molecule has 0 saturated carbocycles. The molecule has 2 heterocycles. The van der Waals surface area contributed by atoms with Crippen molar-refractivity contribution < 1.29 is 4.42 Å². The van der Waals surface area contributed by atoms with Crippen molar-refractivity contribution in [2.24, 2.45) is 5.92 Å². The van der Waals surface area contributed by atoms with Gasteiger partial charge < -0.3 is 9.73 Å². The van der Waals surface area contributed by atoms with Crippen LogP contribution in [0.2, 0.25) is 0 Å². The summed E-state index contributed by atoms with van der Waals surface area (Å²) in [4.78, 5) is 2.53. The summed E-state index contributed by atoms with van der Waals surface area (Å²) < 4.78 is 5.86. The average Bonchev–Trinajstić information content (AvgIpc) is 2.83. The van der Waals surface area contributed by atoms with Crippen LogP contribution in [0.5, 0.6) is 0 Å². The topological polar surface area (TPSA) is 28.4 Å². The predicted octanol–water partition coefficient (Wildman–Crippen LogP) is 3.32. The first-order valence-corrected chi connectivity index (χ1v) is 7.39. The first-order valence-electron chi connectivity index (χ1n) is 7.39. The molecule has 1 saturated heterocycles. The zero-order chi connectivity index (χ0) is 14.0. The SMILES string of the molecule is Cc1oc(CNC(C)(C)C)cc1CN1CCC(C)C1. The minimum atomic E-state index is 0.130. The van der Waals surface area contributed by atoms with Crippen molar-refractivity contribution in [3.8, 4) is 0 Å². The highest BCUT2D eigenvalue weighted by Gasteiger charge is 2.20. The van der Waals surface area contributed by atoms with Crippen molar-refractivity contribution in [1.82, 2.24) is 10.2 Å². The maximum atomic E-state index is 5.86. The molecule has 1 aliphatic rings. The summed E-state index contributed by atoms with van der Waals surface area (Å²) in [6.45, 7) is 15.2. The van der Waals surface area contributed by atoms with Crippen LogP contribution in [-0.2, 0) is 13.1 Å². The second kappa shape index (κ2) is 5.68. The van der Waals surface area contributed by atoms with Crippen LogP contribution in [0.15, 0.2) is 10.5 Å². The lowest BCUT2D eigenvalue weighted by Gasteiger charge is -2.19. The Bertz CT molecular complexity index is 417. The van der Waals surface area contributed by atoms with Crippen LogP contribution in [-0.4, -0.2) is 23.5 Å². The van der Waals surface area contributed by atoms with Crippen molar-refractivity contribution in [3.63, 3.8) is 0 Å². The first kappa shape index (κ1) is 14.6. The average molecular weight is 264 g/mol. The molecule has 19 heavy (non-hydrogen) atoms. The Labute approximate surface area is 117 Å². The molecule has 0 bridgehead atoms. The van der Waals surface area contributed by atoms with Crippen molar-refractivity contribution in [1.29, 1.82) is 0 Å². The van der Waals surface area contributed by atoms with Gasteiger partial charge in [0, 0.05) is 24.2 Å². The van der Waals surface area contributed by atoms with Crippen LogP contribution < -0.4 is 5.32 Å². The second-order valence-electron chi connectivity index (χ2n) is 7.03. The van der Waals surface area contributed by atoms with Gasteiger partial charge in [-0.25, -0.2) is 0 Å². The Morgan fingerprint density at radius 2 is 2.16 bits per heavy atom. The maximum absolute atomic E-state index is 5.86. The third kappa shape index (κ3) is 4.36. The highest BCUT2D eigenvalue weighted by Crippen LogP contribution is 2.22. The molecular weight excluding hydrogens is 236 g/mol. The van der Waals surface area contributed by atoms with E-state index in [0.717, 1.165) is 30.5 Å². The Hall–Kier alpha value is -0.800. The number of hydrogen-bond donors (Lipinski definition) is 1. The number of likely N-dealkylation sites (tertiary alicyclic amines) is 1. The molecule has 1 aliphatic heterocycles. The van der Waals surface area contributed by atoms with Crippen LogP contribution in [0.3, 0.4) is 0 Å². The zero-order valence-corrected chi connectivity index (χ0v) is 13.0. The molecule has 0 spiro atoms. The maximum Gasteiger partial charge on any atom is 0.118 e. The summed E-state index contributed by atoms with van der Waals surface area (Å²) in [5.74, 6) is 2.97. The normalized spacial score (nSPS) is 21.2. The standard InChI is InChI=1S/C16H28N2O/c1-12-6-7-18(10-12)11-14-8-15(19-13(14)2)9-17-16(3,4)5/h8,12,17H,6-7,9-11H2,1-5H3. The van der Waals surface area contributed by atoms with Crippen molar-refractivity contribution >= 4 is 0 Å². The fraction of sp³-hybridized carbons (Fsp3) is 0.750. The van der Waals surface area contributed by atoms with Crippen LogP contribution in [0, 0.1) is 12.8 Å². The molecule has 0 amide bonds. The Balaban J connectivity index is 1.93. The molecule has 3 nitrogen and oxygen atoms in total. The summed E-state index contributed by atoms with van der Waals surface area (Å²) >= 11 is 0. The molecule has 0 aromatic carbocycles. The number of furan rings is 1. The smallest absolute Gasteiger partial charge is 0.118 e. The summed E-state index contributed by atoms with van der Waals surface area (Å²) in [5, 5.41) is 3.47. The van der Waals surface area contributed by atoms with E-state index in [0.29, 0.717) is 0 Å². The lowest BCUT2D eigenvalue weighted by atomic mass is 10.1. The van der Waals surface area contributed by atoms with Crippen molar-refractivity contribution in [3.05, 3.63) is 23.2 Å². The van der Waals surface area contributed by atoms with E-state index in [1.807, 2.05) is 0 Å². The summed E-state index contributed by atoms with van der Waals surface area (Å²) in [7, 11) is 0. The highest BCUT2D eigenvalue weighted by molar-refractivity contribution is 5.21. The van der Waals surface area contributed by atoms with E-state index in [1.165, 1.54) is 25.1 Å². The van der Waals surface area contributed by atoms with Crippen LogP contribution in [0.1, 0.15) is 51.2 Å². The van der Waals surface area contributed by atoms with Gasteiger partial charge in [0.15, 0.2) is 0 Å². The van der Waals surface area contributed by atoms with Gasteiger partial charge in [-0.15, -0.1) is 0 Å². The molecule has 1 aromatic rings. The molecule has 3 heteroatoms. The number of rotatable bonds is 4. The van der Waals surface area contributed by atoms with E-state index >= 15 is 0 Å². The highest BCUT2D eigenvalue weighted by atomic mass is 16.3. The van der Waals surface area contributed by atoms with Crippen LogP contribution in [0.25, 0.3) is 0 Å². The van der Waals surface area contributed by atoms with Gasteiger partial charge in [0.2, 0.25) is 0 Å². The third-order valence-corrected chi connectivity index (χ3v) is 3.77. The fourth-order valence-corrected chi connectivity index (χ4v) is 2.59. The predicted molar refractivity (Wildman–Crippen MR) is 79.1 cm³/mol. The van der Waals surface area contributed by atoms with E-state index in [1.54, 1.807) is 0 Å². The largest absolute Gasteiger partial charge is 0.465 e. The van der Waals surface area contributed by atoms with Gasteiger partial charge >= 0.3 is 0 Å². The van der Waals surface area contributed by atoms with Gasteiger partial charge in [-0.05, 0) is 52.6 Å². The molecular formula is C16H28N2O. The van der Waals surface area contributed by atoms with Gasteiger partial charge in [-0.2, -0.15) is 0 Å². The summed E-state index contributed by atoms with van der Waals surface area (Å²) in [5.41, 5.74) is 1.48. The molecule has 1 N–H and O–H groups in total. The van der Waals surface area contributed by atoms with Crippen molar-refractivity contribution in [2.75, 3.05) is 13.1 Å². The quantitative estimate of drug-likeness (QED) is 0.904. The monoisotopic (exact) mass is 264 g/mol. The number of hydrogen-bond acceptors (Lipinski definition) is 3. The molecule has 0 radical (unpaired) electrons. The molecule has 1 aromatic heterocycles. The van der Waals surface area contributed by atoms with E-state index in [4.69, 9.17) is 4.42 Å². The van der Waals surface area contributed by atoms with Gasteiger partial charge in [0.25, 0.3) is 0 Å². The third-order valence-electron chi connectivity index (χ3n) is 3.77. The van der Waals surface area contributed by atoms with E-state index < -0.39 is 0 Å². The minimum absolute atomic E-state index is 0.130. The first-order chi connectivity index (χ1) is 8.83. The number of nitrogens with one attached hydrogen (secondary N) is 1. The van der Waals surface area contributed by atoms with E-state index in [-0.39, 0.29) is 5.54 Å². The molecule has 2 rings (SSSR count). The van der Waals surface area contributed by atoms with Crippen LogP contribution >= 0.6 is 0 Å². The lowest BCUT2D eigenvalue weighted by Crippen LogP contribution is -2.34. The Morgan fingerprint density at radius 3 is 2.74 bits per heavy atom. The minimum Gasteiger partial charge on any atom is -0.465 e. The summed E-state index contributed by atoms with van der Waals surface area (Å²) in [6, 6.07) is 2.22. The van der Waals surface area contributed by atoms with Crippen molar-refractivity contribution in [2.45, 2.75) is 59.7 Å². The molecule has 1 unspecified atom stereocenters.